The van der Waals surface area contributed by atoms with Crippen LogP contribution in [0.1, 0.15) is 12.0 Å². The van der Waals surface area contributed by atoms with Gasteiger partial charge in [0.15, 0.2) is 0 Å². The number of rotatable bonds is 3. The standard InChI is InChI=1S/C10H9BrFNO/c1-14-9-5-4-8(12)7(10(9)11)3-2-6-13/h4-5H,2-3H2,1H3. The summed E-state index contributed by atoms with van der Waals surface area (Å²) in [5.74, 6) is 0.271. The number of hydrogen-bond donors (Lipinski definition) is 0. The molecule has 1 rings (SSSR count). The molecule has 0 radical (unpaired) electrons. The Kier molecular flexibility index (Phi) is 3.90. The van der Waals surface area contributed by atoms with Crippen molar-refractivity contribution >= 4 is 15.9 Å². The number of ether oxygens (including phenoxy) is 1. The SMILES string of the molecule is COc1ccc(F)c(CCC#N)c1Br. The summed E-state index contributed by atoms with van der Waals surface area (Å²) in [5, 5.41) is 8.42. The van der Waals surface area contributed by atoms with Crippen LogP contribution in [-0.4, -0.2) is 7.11 Å². The van der Waals surface area contributed by atoms with Crippen molar-refractivity contribution in [3.8, 4) is 11.8 Å². The fourth-order valence-electron chi connectivity index (χ4n) is 1.14. The van der Waals surface area contributed by atoms with Crippen molar-refractivity contribution in [2.45, 2.75) is 12.8 Å². The van der Waals surface area contributed by atoms with Crippen molar-refractivity contribution in [3.05, 3.63) is 28.0 Å². The van der Waals surface area contributed by atoms with Gasteiger partial charge in [-0.05, 0) is 34.5 Å². The van der Waals surface area contributed by atoms with Gasteiger partial charge in [-0.15, -0.1) is 0 Å². The van der Waals surface area contributed by atoms with Gasteiger partial charge in [-0.2, -0.15) is 5.26 Å². The van der Waals surface area contributed by atoms with E-state index in [4.69, 9.17) is 10.00 Å². The van der Waals surface area contributed by atoms with Crippen LogP contribution in [0.2, 0.25) is 0 Å². The van der Waals surface area contributed by atoms with E-state index in [1.807, 2.05) is 6.07 Å². The molecule has 0 aliphatic carbocycles. The molecule has 1 aromatic rings. The normalized spacial score (nSPS) is 9.57. The van der Waals surface area contributed by atoms with E-state index in [1.165, 1.54) is 13.2 Å². The second-order valence-electron chi connectivity index (χ2n) is 2.70. The molecule has 0 aliphatic rings. The van der Waals surface area contributed by atoms with Gasteiger partial charge in [0.25, 0.3) is 0 Å². The molecule has 0 spiro atoms. The van der Waals surface area contributed by atoms with Crippen molar-refractivity contribution < 1.29 is 9.13 Å². The highest BCUT2D eigenvalue weighted by molar-refractivity contribution is 9.10. The topological polar surface area (TPSA) is 33.0 Å². The van der Waals surface area contributed by atoms with Crippen LogP contribution < -0.4 is 4.74 Å². The van der Waals surface area contributed by atoms with E-state index < -0.39 is 0 Å². The molecular weight excluding hydrogens is 249 g/mol. The molecule has 0 bridgehead atoms. The molecule has 0 atom stereocenters. The first-order valence-electron chi connectivity index (χ1n) is 4.08. The van der Waals surface area contributed by atoms with Crippen molar-refractivity contribution in [1.29, 1.82) is 5.26 Å². The van der Waals surface area contributed by atoms with E-state index in [0.29, 0.717) is 28.6 Å². The molecule has 4 heteroatoms. The Morgan fingerprint density at radius 3 is 2.86 bits per heavy atom. The maximum atomic E-state index is 13.3. The zero-order valence-corrected chi connectivity index (χ0v) is 9.27. The number of nitrogens with zero attached hydrogens (tertiary/aromatic N) is 1. The molecule has 0 amide bonds. The molecule has 0 aromatic heterocycles. The highest BCUT2D eigenvalue weighted by Gasteiger charge is 2.11. The van der Waals surface area contributed by atoms with Gasteiger partial charge in [0, 0.05) is 12.0 Å². The van der Waals surface area contributed by atoms with Gasteiger partial charge in [0.2, 0.25) is 0 Å². The van der Waals surface area contributed by atoms with E-state index >= 15 is 0 Å². The first-order chi connectivity index (χ1) is 6.70. The van der Waals surface area contributed by atoms with Crippen LogP contribution >= 0.6 is 15.9 Å². The zero-order valence-electron chi connectivity index (χ0n) is 7.68. The maximum Gasteiger partial charge on any atom is 0.133 e. The first-order valence-corrected chi connectivity index (χ1v) is 4.87. The Morgan fingerprint density at radius 2 is 2.29 bits per heavy atom. The van der Waals surface area contributed by atoms with E-state index in [0.717, 1.165) is 0 Å². The van der Waals surface area contributed by atoms with Crippen LogP contribution in [-0.2, 0) is 6.42 Å². The Morgan fingerprint density at radius 1 is 1.57 bits per heavy atom. The molecule has 14 heavy (non-hydrogen) atoms. The van der Waals surface area contributed by atoms with Crippen molar-refractivity contribution in [1.82, 2.24) is 0 Å². The smallest absolute Gasteiger partial charge is 0.133 e. The largest absolute Gasteiger partial charge is 0.496 e. The van der Waals surface area contributed by atoms with Crippen LogP contribution in [0.5, 0.6) is 5.75 Å². The lowest BCUT2D eigenvalue weighted by atomic mass is 10.1. The highest BCUT2D eigenvalue weighted by Crippen LogP contribution is 2.31. The van der Waals surface area contributed by atoms with Gasteiger partial charge >= 0.3 is 0 Å². The lowest BCUT2D eigenvalue weighted by Crippen LogP contribution is -1.95. The van der Waals surface area contributed by atoms with Gasteiger partial charge in [0.1, 0.15) is 11.6 Å². The third-order valence-corrected chi connectivity index (χ3v) is 2.73. The summed E-state index contributed by atoms with van der Waals surface area (Å²) in [4.78, 5) is 0. The molecule has 0 saturated carbocycles. The maximum absolute atomic E-state index is 13.3. The summed E-state index contributed by atoms with van der Waals surface area (Å²) in [6, 6.07) is 4.87. The average Bonchev–Trinajstić information content (AvgIpc) is 2.18. The fourth-order valence-corrected chi connectivity index (χ4v) is 1.83. The average molecular weight is 258 g/mol. The van der Waals surface area contributed by atoms with Crippen LogP contribution in [0.15, 0.2) is 16.6 Å². The molecule has 74 valence electrons. The van der Waals surface area contributed by atoms with Crippen molar-refractivity contribution in [2.24, 2.45) is 0 Å². The third kappa shape index (κ3) is 2.24. The molecule has 0 unspecified atom stereocenters. The van der Waals surface area contributed by atoms with Gasteiger partial charge in [-0.3, -0.25) is 0 Å². The molecule has 0 N–H and O–H groups in total. The van der Waals surface area contributed by atoms with Crippen LogP contribution in [0, 0.1) is 17.1 Å². The first kappa shape index (κ1) is 11.0. The van der Waals surface area contributed by atoms with Gasteiger partial charge < -0.3 is 4.74 Å². The summed E-state index contributed by atoms with van der Waals surface area (Å²) in [7, 11) is 1.52. The minimum absolute atomic E-state index is 0.294. The summed E-state index contributed by atoms with van der Waals surface area (Å²) >= 11 is 3.25. The lowest BCUT2D eigenvalue weighted by molar-refractivity contribution is 0.409. The molecule has 0 aliphatic heterocycles. The van der Waals surface area contributed by atoms with E-state index in [1.54, 1.807) is 6.07 Å². The minimum atomic E-state index is -0.312. The Hall–Kier alpha value is -1.08. The molecule has 2 nitrogen and oxygen atoms in total. The summed E-state index contributed by atoms with van der Waals surface area (Å²) in [5.41, 5.74) is 0.492. The van der Waals surface area contributed by atoms with Crippen molar-refractivity contribution in [2.75, 3.05) is 7.11 Å². The molecular formula is C10H9BrFNO. The summed E-state index contributed by atoms with van der Waals surface area (Å²) < 4.78 is 18.9. The van der Waals surface area contributed by atoms with E-state index in [-0.39, 0.29) is 5.82 Å². The summed E-state index contributed by atoms with van der Waals surface area (Å²) in [6.07, 6.45) is 0.683. The van der Waals surface area contributed by atoms with Gasteiger partial charge in [0.05, 0.1) is 17.7 Å². The lowest BCUT2D eigenvalue weighted by Gasteiger charge is -2.08. The Labute approximate surface area is 90.4 Å². The molecule has 1 aromatic carbocycles. The second-order valence-corrected chi connectivity index (χ2v) is 3.49. The van der Waals surface area contributed by atoms with Gasteiger partial charge in [-0.1, -0.05) is 0 Å². The molecule has 0 fully saturated rings. The molecule has 0 saturated heterocycles. The second kappa shape index (κ2) is 4.97. The van der Waals surface area contributed by atoms with Gasteiger partial charge in [-0.25, -0.2) is 4.39 Å². The Balaban J connectivity index is 3.06. The third-order valence-electron chi connectivity index (χ3n) is 1.86. The quantitative estimate of drug-likeness (QED) is 0.834. The number of methoxy groups -OCH3 is 1. The number of benzene rings is 1. The molecule has 0 heterocycles. The minimum Gasteiger partial charge on any atom is -0.496 e. The number of nitriles is 1. The van der Waals surface area contributed by atoms with Crippen LogP contribution in [0.3, 0.4) is 0 Å². The predicted octanol–water partition coefficient (Wildman–Crippen LogP) is 3.05. The summed E-state index contributed by atoms with van der Waals surface area (Å²) in [6.45, 7) is 0. The monoisotopic (exact) mass is 257 g/mol. The predicted molar refractivity (Wildman–Crippen MR) is 54.6 cm³/mol. The van der Waals surface area contributed by atoms with E-state index in [2.05, 4.69) is 15.9 Å². The van der Waals surface area contributed by atoms with Crippen LogP contribution in [0.25, 0.3) is 0 Å². The Bertz CT molecular complexity index is 373. The van der Waals surface area contributed by atoms with E-state index in [9.17, 15) is 4.39 Å². The van der Waals surface area contributed by atoms with Crippen molar-refractivity contribution in [3.63, 3.8) is 0 Å². The number of halogens is 2. The van der Waals surface area contributed by atoms with Crippen LogP contribution in [0.4, 0.5) is 4.39 Å². The fraction of sp³-hybridized carbons (Fsp3) is 0.300. The highest BCUT2D eigenvalue weighted by atomic mass is 79.9. The zero-order chi connectivity index (χ0) is 10.6. The number of hydrogen-bond acceptors (Lipinski definition) is 2.